The third-order valence-corrected chi connectivity index (χ3v) is 9.68. The number of fused-ring (bicyclic) bond motifs is 7. The van der Waals surface area contributed by atoms with Crippen LogP contribution in [0.15, 0.2) is 149 Å². The third-order valence-electron chi connectivity index (χ3n) is 9.18. The van der Waals surface area contributed by atoms with E-state index in [1.165, 1.54) is 54.2 Å². The van der Waals surface area contributed by atoms with Gasteiger partial charge in [0.1, 0.15) is 4.61 Å². The molecular weight excluding hydrogens is 612 g/mol. The topological polar surface area (TPSA) is 25.2 Å². The summed E-state index contributed by atoms with van der Waals surface area (Å²) in [6.07, 6.45) is 3.94. The van der Waals surface area contributed by atoms with Crippen molar-refractivity contribution in [2.45, 2.75) is 12.8 Å². The second kappa shape index (κ2) is 10.5. The first kappa shape index (κ1) is 26.3. The van der Waals surface area contributed by atoms with E-state index in [2.05, 4.69) is 155 Å². The summed E-state index contributed by atoms with van der Waals surface area (Å²) in [5, 5.41) is 10.9. The molecule has 0 unspecified atom stereocenters. The van der Waals surface area contributed by atoms with Crippen LogP contribution < -0.4 is 0 Å². The van der Waals surface area contributed by atoms with Gasteiger partial charge in [0.15, 0.2) is 0 Å². The highest BCUT2D eigenvalue weighted by Gasteiger charge is 2.22. The van der Waals surface area contributed by atoms with Crippen molar-refractivity contribution in [3.63, 3.8) is 0 Å². The van der Waals surface area contributed by atoms with Crippen molar-refractivity contribution in [2.75, 3.05) is 0 Å². The van der Waals surface area contributed by atoms with Gasteiger partial charge in [0.2, 0.25) is 0 Å². The van der Waals surface area contributed by atoms with Crippen LogP contribution >= 0.6 is 15.9 Å². The fourth-order valence-electron chi connectivity index (χ4n) is 7.16. The van der Waals surface area contributed by atoms with Crippen molar-refractivity contribution >= 4 is 75.6 Å². The van der Waals surface area contributed by atoms with Crippen LogP contribution in [-0.2, 0) is 6.42 Å². The zero-order valence-electron chi connectivity index (χ0n) is 24.5. The molecule has 0 aliphatic carbocycles. The molecule has 2 nitrogen and oxygen atoms in total. The van der Waals surface area contributed by atoms with E-state index in [0.29, 0.717) is 0 Å². The SMILES string of the molecule is BrC1=CCCc2c(ccc3ccc(-c4c5ccccc5cc5ccccc45)nc23)C(c2c3ccccc3cc3ccccc23)=N1. The zero-order chi connectivity index (χ0) is 29.9. The van der Waals surface area contributed by atoms with E-state index in [4.69, 9.17) is 9.98 Å². The predicted molar refractivity (Wildman–Crippen MR) is 195 cm³/mol. The molecule has 45 heavy (non-hydrogen) atoms. The highest BCUT2D eigenvalue weighted by molar-refractivity contribution is 9.11. The summed E-state index contributed by atoms with van der Waals surface area (Å²) in [7, 11) is 0. The number of aryl methyl sites for hydroxylation is 1. The van der Waals surface area contributed by atoms with Crippen LogP contribution in [0.3, 0.4) is 0 Å². The molecule has 0 saturated heterocycles. The predicted octanol–water partition coefficient (Wildman–Crippen LogP) is 11.5. The molecule has 3 heteroatoms. The molecule has 9 rings (SSSR count). The number of allylic oxidation sites excluding steroid dienone is 1. The number of rotatable bonds is 2. The average Bonchev–Trinajstić information content (AvgIpc) is 3.07. The average molecular weight is 640 g/mol. The minimum atomic E-state index is 0.865. The van der Waals surface area contributed by atoms with Gasteiger partial charge >= 0.3 is 0 Å². The fraction of sp³-hybridized carbons (Fsp3) is 0.0476. The molecule has 0 amide bonds. The molecule has 0 spiro atoms. The monoisotopic (exact) mass is 638 g/mol. The van der Waals surface area contributed by atoms with Crippen molar-refractivity contribution in [3.8, 4) is 11.3 Å². The Hall–Kier alpha value is -5.12. The van der Waals surface area contributed by atoms with Crippen molar-refractivity contribution < 1.29 is 0 Å². The van der Waals surface area contributed by atoms with Gasteiger partial charge in [0, 0.05) is 22.1 Å². The Kier molecular flexibility index (Phi) is 6.14. The van der Waals surface area contributed by atoms with E-state index < -0.39 is 0 Å². The highest BCUT2D eigenvalue weighted by atomic mass is 79.9. The molecule has 7 aromatic carbocycles. The number of pyridine rings is 1. The first-order valence-corrected chi connectivity index (χ1v) is 16.2. The van der Waals surface area contributed by atoms with Gasteiger partial charge in [0.05, 0.1) is 16.9 Å². The second-order valence-electron chi connectivity index (χ2n) is 11.8. The number of hydrogen-bond acceptors (Lipinski definition) is 2. The lowest BCUT2D eigenvalue weighted by Gasteiger charge is -2.20. The van der Waals surface area contributed by atoms with Crippen LogP contribution in [0.25, 0.3) is 65.3 Å². The maximum Gasteiger partial charge on any atom is 0.102 e. The highest BCUT2D eigenvalue weighted by Crippen LogP contribution is 2.39. The van der Waals surface area contributed by atoms with Crippen molar-refractivity contribution in [1.82, 2.24) is 4.98 Å². The van der Waals surface area contributed by atoms with Crippen LogP contribution in [-0.4, -0.2) is 10.7 Å². The quantitative estimate of drug-likeness (QED) is 0.136. The summed E-state index contributed by atoms with van der Waals surface area (Å²) < 4.78 is 0.865. The van der Waals surface area contributed by atoms with E-state index in [1.807, 2.05) is 0 Å². The Morgan fingerprint density at radius 2 is 1.02 bits per heavy atom. The molecule has 1 aliphatic heterocycles. The summed E-state index contributed by atoms with van der Waals surface area (Å²) in [6, 6.07) is 48.1. The Morgan fingerprint density at radius 3 is 1.60 bits per heavy atom. The Bertz CT molecular complexity index is 2450. The largest absolute Gasteiger partial charge is 0.247 e. The molecule has 0 N–H and O–H groups in total. The number of aliphatic imine (C=N–C) groups is 1. The van der Waals surface area contributed by atoms with Gasteiger partial charge in [0.25, 0.3) is 0 Å². The molecule has 0 atom stereocenters. The number of nitrogens with zero attached hydrogens (tertiary/aromatic N) is 2. The Morgan fingerprint density at radius 1 is 0.511 bits per heavy atom. The normalized spacial score (nSPS) is 13.5. The third kappa shape index (κ3) is 4.30. The second-order valence-corrected chi connectivity index (χ2v) is 12.6. The van der Waals surface area contributed by atoms with E-state index >= 15 is 0 Å². The van der Waals surface area contributed by atoms with Crippen LogP contribution in [0.2, 0.25) is 0 Å². The van der Waals surface area contributed by atoms with Gasteiger partial charge < -0.3 is 0 Å². The van der Waals surface area contributed by atoms with Gasteiger partial charge in [-0.05, 0) is 95.6 Å². The zero-order valence-corrected chi connectivity index (χ0v) is 26.1. The van der Waals surface area contributed by atoms with Crippen molar-refractivity contribution in [1.29, 1.82) is 0 Å². The van der Waals surface area contributed by atoms with Gasteiger partial charge in [-0.3, -0.25) is 0 Å². The van der Waals surface area contributed by atoms with Gasteiger partial charge in [-0.15, -0.1) is 0 Å². The molecule has 1 aliphatic rings. The minimum Gasteiger partial charge on any atom is -0.247 e. The van der Waals surface area contributed by atoms with E-state index in [0.717, 1.165) is 50.9 Å². The molecule has 0 saturated carbocycles. The molecule has 0 radical (unpaired) electrons. The summed E-state index contributed by atoms with van der Waals surface area (Å²) in [5.74, 6) is 0. The first-order valence-electron chi connectivity index (χ1n) is 15.4. The Labute approximate surface area is 269 Å². The van der Waals surface area contributed by atoms with Crippen LogP contribution in [0.1, 0.15) is 23.1 Å². The molecule has 212 valence electrons. The lowest BCUT2D eigenvalue weighted by atomic mass is 9.87. The Balaban J connectivity index is 1.35. The molecule has 0 fully saturated rings. The van der Waals surface area contributed by atoms with Crippen LogP contribution in [0.4, 0.5) is 0 Å². The standard InChI is InChI=1S/C42H27BrN2/c43-38-19-9-18-35-36(42(45-38)40-33-16-7-3-12-29(33)25-30-13-4-8-17-34(30)40)22-20-26-21-23-37(44-41(26)35)39-31-14-5-1-10-27(31)24-28-11-2-6-15-32(28)39/h1-8,10-17,19-25H,9,18H2. The van der Waals surface area contributed by atoms with E-state index in [-0.39, 0.29) is 0 Å². The lowest BCUT2D eigenvalue weighted by Crippen LogP contribution is -2.11. The maximum atomic E-state index is 5.52. The summed E-state index contributed by atoms with van der Waals surface area (Å²) in [5.41, 5.74) is 7.75. The number of benzene rings is 7. The molecule has 1 aromatic heterocycles. The fourth-order valence-corrected chi connectivity index (χ4v) is 7.57. The number of halogens is 1. The van der Waals surface area contributed by atoms with Gasteiger partial charge in [-0.2, -0.15) is 0 Å². The van der Waals surface area contributed by atoms with E-state index in [9.17, 15) is 0 Å². The minimum absolute atomic E-state index is 0.865. The summed E-state index contributed by atoms with van der Waals surface area (Å²) in [4.78, 5) is 10.8. The van der Waals surface area contributed by atoms with Gasteiger partial charge in [-0.1, -0.05) is 121 Å². The number of aromatic nitrogens is 1. The van der Waals surface area contributed by atoms with Gasteiger partial charge in [-0.25, -0.2) is 9.98 Å². The smallest absolute Gasteiger partial charge is 0.102 e. The number of hydrogen-bond donors (Lipinski definition) is 0. The summed E-state index contributed by atoms with van der Waals surface area (Å²) >= 11 is 3.79. The van der Waals surface area contributed by atoms with Crippen LogP contribution in [0.5, 0.6) is 0 Å². The molecule has 2 heterocycles. The lowest BCUT2D eigenvalue weighted by molar-refractivity contribution is 0.993. The maximum absolute atomic E-state index is 5.52. The summed E-state index contributed by atoms with van der Waals surface area (Å²) in [6.45, 7) is 0. The van der Waals surface area contributed by atoms with E-state index in [1.54, 1.807) is 0 Å². The van der Waals surface area contributed by atoms with Crippen molar-refractivity contribution in [3.05, 3.63) is 161 Å². The van der Waals surface area contributed by atoms with Crippen molar-refractivity contribution in [2.24, 2.45) is 4.99 Å². The molecule has 0 bridgehead atoms. The van der Waals surface area contributed by atoms with Crippen LogP contribution in [0, 0.1) is 0 Å². The molecule has 8 aromatic rings. The molecular formula is C42H27BrN2. The first-order chi connectivity index (χ1) is 22.2.